The lowest BCUT2D eigenvalue weighted by Gasteiger charge is -2.03. The third-order valence-electron chi connectivity index (χ3n) is 1.82. The van der Waals surface area contributed by atoms with E-state index in [1.165, 1.54) is 4.68 Å². The third kappa shape index (κ3) is 2.64. The molecule has 0 radical (unpaired) electrons. The predicted molar refractivity (Wildman–Crippen MR) is 52.9 cm³/mol. The molecule has 0 bridgehead atoms. The summed E-state index contributed by atoms with van der Waals surface area (Å²) in [6, 6.07) is 7.36. The number of rotatable bonds is 3. The summed E-state index contributed by atoms with van der Waals surface area (Å²) in [6.07, 6.45) is 1.66. The van der Waals surface area contributed by atoms with Crippen molar-refractivity contribution in [1.29, 1.82) is 0 Å². The van der Waals surface area contributed by atoms with Gasteiger partial charge >= 0.3 is 7.82 Å². The molecular formula is C8H9N2O4P. The van der Waals surface area contributed by atoms with E-state index in [0.29, 0.717) is 0 Å². The molecular weight excluding hydrogens is 219 g/mol. The molecule has 0 unspecified atom stereocenters. The van der Waals surface area contributed by atoms with Gasteiger partial charge in [0.25, 0.3) is 0 Å². The number of phosphoric acid groups is 1. The summed E-state index contributed by atoms with van der Waals surface area (Å²) >= 11 is 0. The van der Waals surface area contributed by atoms with E-state index in [2.05, 4.69) is 9.62 Å². The lowest BCUT2D eigenvalue weighted by molar-refractivity contribution is 0.146. The summed E-state index contributed by atoms with van der Waals surface area (Å²) in [6.45, 7) is -0.265. The first-order chi connectivity index (χ1) is 7.04. The summed E-state index contributed by atoms with van der Waals surface area (Å²) < 4.78 is 16.1. The second-order valence-corrected chi connectivity index (χ2v) is 4.22. The maximum atomic E-state index is 10.5. The van der Waals surface area contributed by atoms with Crippen LogP contribution in [0.4, 0.5) is 0 Å². The Morgan fingerprint density at radius 2 is 2.13 bits per heavy atom. The fourth-order valence-electron chi connectivity index (χ4n) is 1.22. The van der Waals surface area contributed by atoms with Gasteiger partial charge in [0.15, 0.2) is 6.73 Å². The summed E-state index contributed by atoms with van der Waals surface area (Å²) in [7, 11) is -4.44. The summed E-state index contributed by atoms with van der Waals surface area (Å²) in [5.41, 5.74) is 0.756. The van der Waals surface area contributed by atoms with E-state index < -0.39 is 7.82 Å². The van der Waals surface area contributed by atoms with Crippen molar-refractivity contribution in [2.24, 2.45) is 0 Å². The van der Waals surface area contributed by atoms with E-state index in [4.69, 9.17) is 9.79 Å². The molecule has 0 aliphatic carbocycles. The molecule has 15 heavy (non-hydrogen) atoms. The molecule has 1 aromatic heterocycles. The van der Waals surface area contributed by atoms with Crippen molar-refractivity contribution < 1.29 is 18.9 Å². The maximum absolute atomic E-state index is 10.5. The molecule has 1 aromatic carbocycles. The highest BCUT2D eigenvalue weighted by molar-refractivity contribution is 7.46. The second kappa shape index (κ2) is 3.75. The van der Waals surface area contributed by atoms with Gasteiger partial charge in [-0.15, -0.1) is 0 Å². The molecule has 2 N–H and O–H groups in total. The van der Waals surface area contributed by atoms with E-state index in [9.17, 15) is 4.57 Å². The Hall–Kier alpha value is -1.20. The molecule has 6 nitrogen and oxygen atoms in total. The molecule has 0 aliphatic heterocycles. The fourth-order valence-corrected chi connectivity index (χ4v) is 1.48. The van der Waals surface area contributed by atoms with Crippen LogP contribution in [0, 0.1) is 0 Å². The minimum absolute atomic E-state index is 0.265. The maximum Gasteiger partial charge on any atom is 0.471 e. The van der Waals surface area contributed by atoms with Crippen molar-refractivity contribution in [2.45, 2.75) is 6.73 Å². The normalized spacial score (nSPS) is 12.1. The van der Waals surface area contributed by atoms with Crippen molar-refractivity contribution in [2.75, 3.05) is 0 Å². The lowest BCUT2D eigenvalue weighted by atomic mass is 10.3. The number of benzene rings is 1. The van der Waals surface area contributed by atoms with Gasteiger partial charge in [-0.05, 0) is 6.07 Å². The molecule has 0 amide bonds. The van der Waals surface area contributed by atoms with Gasteiger partial charge in [-0.3, -0.25) is 4.52 Å². The van der Waals surface area contributed by atoms with E-state index in [0.717, 1.165) is 10.9 Å². The quantitative estimate of drug-likeness (QED) is 0.768. The fraction of sp³-hybridized carbons (Fsp3) is 0.125. The van der Waals surface area contributed by atoms with Crippen LogP contribution in [-0.2, 0) is 15.8 Å². The minimum Gasteiger partial charge on any atom is -0.303 e. The Labute approximate surface area is 85.3 Å². The van der Waals surface area contributed by atoms with Crippen LogP contribution in [0.3, 0.4) is 0 Å². The number of phosphoric ester groups is 1. The molecule has 1 heterocycles. The predicted octanol–water partition coefficient (Wildman–Crippen LogP) is 1.10. The Morgan fingerprint density at radius 3 is 2.80 bits per heavy atom. The zero-order valence-electron chi connectivity index (χ0n) is 7.65. The monoisotopic (exact) mass is 228 g/mol. The Bertz CT molecular complexity index is 485. The van der Waals surface area contributed by atoms with E-state index in [1.807, 2.05) is 24.3 Å². The van der Waals surface area contributed by atoms with Gasteiger partial charge in [-0.2, -0.15) is 5.10 Å². The number of hydrogen-bond acceptors (Lipinski definition) is 3. The van der Waals surface area contributed by atoms with Crippen LogP contribution in [0.1, 0.15) is 0 Å². The first-order valence-electron chi connectivity index (χ1n) is 4.17. The van der Waals surface area contributed by atoms with Crippen molar-refractivity contribution in [3.05, 3.63) is 30.5 Å². The van der Waals surface area contributed by atoms with Crippen LogP contribution >= 0.6 is 7.82 Å². The summed E-state index contributed by atoms with van der Waals surface area (Å²) in [4.78, 5) is 17.0. The first kappa shape index (κ1) is 10.3. The van der Waals surface area contributed by atoms with Crippen LogP contribution in [0.5, 0.6) is 0 Å². The third-order valence-corrected chi connectivity index (χ3v) is 2.27. The Kier molecular flexibility index (Phi) is 2.58. The average Bonchev–Trinajstić information content (AvgIpc) is 2.56. The van der Waals surface area contributed by atoms with Crippen molar-refractivity contribution >= 4 is 18.7 Å². The zero-order valence-corrected chi connectivity index (χ0v) is 8.54. The molecule has 0 atom stereocenters. The van der Waals surface area contributed by atoms with E-state index >= 15 is 0 Å². The Balaban J connectivity index is 2.19. The van der Waals surface area contributed by atoms with Gasteiger partial charge in [0, 0.05) is 11.6 Å². The van der Waals surface area contributed by atoms with Crippen LogP contribution < -0.4 is 0 Å². The molecule has 0 fully saturated rings. The summed E-state index contributed by atoms with van der Waals surface area (Å²) in [5, 5.41) is 4.96. The van der Waals surface area contributed by atoms with Gasteiger partial charge in [0.2, 0.25) is 0 Å². The summed E-state index contributed by atoms with van der Waals surface area (Å²) in [5.74, 6) is 0. The molecule has 80 valence electrons. The highest BCUT2D eigenvalue weighted by atomic mass is 31.2. The first-order valence-corrected chi connectivity index (χ1v) is 5.70. The topological polar surface area (TPSA) is 84.6 Å². The van der Waals surface area contributed by atoms with Crippen LogP contribution in [0.2, 0.25) is 0 Å². The van der Waals surface area contributed by atoms with Crippen molar-refractivity contribution in [3.8, 4) is 0 Å². The Morgan fingerprint density at radius 1 is 1.40 bits per heavy atom. The minimum atomic E-state index is -4.44. The number of fused-ring (bicyclic) bond motifs is 1. The largest absolute Gasteiger partial charge is 0.471 e. The molecule has 0 spiro atoms. The van der Waals surface area contributed by atoms with E-state index in [1.54, 1.807) is 6.20 Å². The van der Waals surface area contributed by atoms with Crippen LogP contribution in [-0.4, -0.2) is 19.6 Å². The van der Waals surface area contributed by atoms with Crippen molar-refractivity contribution in [3.63, 3.8) is 0 Å². The van der Waals surface area contributed by atoms with Gasteiger partial charge in [0.1, 0.15) is 0 Å². The zero-order chi connectivity index (χ0) is 10.9. The SMILES string of the molecule is O=P(O)(O)OCn1cc2ccccc2n1. The van der Waals surface area contributed by atoms with Crippen molar-refractivity contribution in [1.82, 2.24) is 9.78 Å². The van der Waals surface area contributed by atoms with Gasteiger partial charge in [0.05, 0.1) is 5.52 Å². The molecule has 0 aliphatic rings. The standard InChI is InChI=1S/C8H9N2O4P/c11-15(12,13)14-6-10-5-7-3-1-2-4-8(7)9-10/h1-5H,6H2,(H2,11,12,13). The smallest absolute Gasteiger partial charge is 0.303 e. The number of aromatic nitrogens is 2. The van der Waals surface area contributed by atoms with Crippen LogP contribution in [0.25, 0.3) is 10.9 Å². The van der Waals surface area contributed by atoms with Gasteiger partial charge in [-0.1, -0.05) is 18.2 Å². The lowest BCUT2D eigenvalue weighted by Crippen LogP contribution is -2.01. The van der Waals surface area contributed by atoms with Gasteiger partial charge < -0.3 is 9.79 Å². The van der Waals surface area contributed by atoms with E-state index in [-0.39, 0.29) is 6.73 Å². The molecule has 0 saturated heterocycles. The van der Waals surface area contributed by atoms with Crippen LogP contribution in [0.15, 0.2) is 30.5 Å². The second-order valence-electron chi connectivity index (χ2n) is 2.98. The highest BCUT2D eigenvalue weighted by Crippen LogP contribution is 2.36. The molecule has 0 saturated carbocycles. The average molecular weight is 228 g/mol. The van der Waals surface area contributed by atoms with Gasteiger partial charge in [-0.25, -0.2) is 9.25 Å². The molecule has 7 heteroatoms. The highest BCUT2D eigenvalue weighted by Gasteiger charge is 2.13. The molecule has 2 aromatic rings. The molecule has 2 rings (SSSR count). The number of nitrogens with zero attached hydrogens (tertiary/aromatic N) is 2. The number of hydrogen-bond donors (Lipinski definition) is 2.